The third-order valence-corrected chi connectivity index (χ3v) is 3.52. The first kappa shape index (κ1) is 14.8. The van der Waals surface area contributed by atoms with Gasteiger partial charge in [0.05, 0.1) is 6.61 Å². The van der Waals surface area contributed by atoms with Crippen molar-refractivity contribution in [1.29, 1.82) is 0 Å². The number of hydrogen-bond donors (Lipinski definition) is 1. The van der Waals surface area contributed by atoms with E-state index >= 15 is 0 Å². The SMILES string of the molecule is CC(Oc1cccc(F)c1)C(=O)NC(C)C1CCOC1. The predicted molar refractivity (Wildman–Crippen MR) is 73.0 cm³/mol. The number of hydrogen-bond acceptors (Lipinski definition) is 3. The molecule has 3 unspecified atom stereocenters. The molecule has 0 aliphatic carbocycles. The first-order valence-corrected chi connectivity index (χ1v) is 6.86. The van der Waals surface area contributed by atoms with E-state index in [-0.39, 0.29) is 17.8 Å². The van der Waals surface area contributed by atoms with Crippen molar-refractivity contribution in [3.63, 3.8) is 0 Å². The molecule has 110 valence electrons. The van der Waals surface area contributed by atoms with Crippen LogP contribution < -0.4 is 10.1 Å². The largest absolute Gasteiger partial charge is 0.481 e. The first-order valence-electron chi connectivity index (χ1n) is 6.86. The molecule has 2 rings (SSSR count). The highest BCUT2D eigenvalue weighted by Crippen LogP contribution is 2.17. The van der Waals surface area contributed by atoms with Crippen LogP contribution in [0.25, 0.3) is 0 Å². The molecule has 4 nitrogen and oxygen atoms in total. The van der Waals surface area contributed by atoms with Crippen molar-refractivity contribution in [3.05, 3.63) is 30.1 Å². The quantitative estimate of drug-likeness (QED) is 0.899. The summed E-state index contributed by atoms with van der Waals surface area (Å²) in [7, 11) is 0. The number of amides is 1. The lowest BCUT2D eigenvalue weighted by atomic mass is 10.0. The Labute approximate surface area is 118 Å². The summed E-state index contributed by atoms with van der Waals surface area (Å²) in [5.41, 5.74) is 0. The number of halogens is 1. The molecular formula is C15H20FNO3. The van der Waals surface area contributed by atoms with Crippen LogP contribution in [0.5, 0.6) is 5.75 Å². The lowest BCUT2D eigenvalue weighted by Gasteiger charge is -2.22. The second-order valence-corrected chi connectivity index (χ2v) is 5.14. The summed E-state index contributed by atoms with van der Waals surface area (Å²) in [5, 5.41) is 2.92. The zero-order valence-electron chi connectivity index (χ0n) is 11.8. The second-order valence-electron chi connectivity index (χ2n) is 5.14. The van der Waals surface area contributed by atoms with Crippen LogP contribution in [0.4, 0.5) is 4.39 Å². The molecule has 0 spiro atoms. The maximum atomic E-state index is 13.0. The Morgan fingerprint density at radius 1 is 1.50 bits per heavy atom. The van der Waals surface area contributed by atoms with E-state index in [0.29, 0.717) is 18.3 Å². The molecule has 0 aromatic heterocycles. The summed E-state index contributed by atoms with van der Waals surface area (Å²) in [5.74, 6) is 0.116. The minimum atomic E-state index is -0.665. The van der Waals surface area contributed by atoms with E-state index in [9.17, 15) is 9.18 Å². The van der Waals surface area contributed by atoms with Crippen LogP contribution in [0.3, 0.4) is 0 Å². The van der Waals surface area contributed by atoms with Crippen molar-refractivity contribution in [1.82, 2.24) is 5.32 Å². The lowest BCUT2D eigenvalue weighted by molar-refractivity contribution is -0.128. The van der Waals surface area contributed by atoms with Gasteiger partial charge in [-0.3, -0.25) is 4.79 Å². The number of ether oxygens (including phenoxy) is 2. The van der Waals surface area contributed by atoms with Gasteiger partial charge in [0.1, 0.15) is 11.6 Å². The van der Waals surface area contributed by atoms with Crippen LogP contribution in [0.15, 0.2) is 24.3 Å². The molecule has 0 bridgehead atoms. The number of rotatable bonds is 5. The van der Waals surface area contributed by atoms with E-state index in [2.05, 4.69) is 5.32 Å². The molecule has 1 fully saturated rings. The molecule has 1 aliphatic rings. The van der Waals surface area contributed by atoms with E-state index in [1.54, 1.807) is 19.1 Å². The Kier molecular flexibility index (Phi) is 4.95. The van der Waals surface area contributed by atoms with Crippen molar-refractivity contribution < 1.29 is 18.7 Å². The molecule has 3 atom stereocenters. The summed E-state index contributed by atoms with van der Waals surface area (Å²) in [6.45, 7) is 5.05. The second kappa shape index (κ2) is 6.70. The Bertz CT molecular complexity index is 460. The standard InChI is InChI=1S/C15H20FNO3/c1-10(12-6-7-19-9-12)17-15(18)11(2)20-14-5-3-4-13(16)8-14/h3-5,8,10-12H,6-7,9H2,1-2H3,(H,17,18). The predicted octanol–water partition coefficient (Wildman–Crippen LogP) is 2.13. The molecule has 5 heteroatoms. The van der Waals surface area contributed by atoms with E-state index in [1.807, 2.05) is 6.92 Å². The monoisotopic (exact) mass is 281 g/mol. The summed E-state index contributed by atoms with van der Waals surface area (Å²) >= 11 is 0. The van der Waals surface area contributed by atoms with Crippen LogP contribution >= 0.6 is 0 Å². The molecule has 1 aliphatic heterocycles. The van der Waals surface area contributed by atoms with Crippen LogP contribution in [-0.2, 0) is 9.53 Å². The van der Waals surface area contributed by atoms with Gasteiger partial charge in [0, 0.05) is 24.6 Å². The average molecular weight is 281 g/mol. The van der Waals surface area contributed by atoms with Gasteiger partial charge in [0.25, 0.3) is 5.91 Å². The van der Waals surface area contributed by atoms with Gasteiger partial charge in [0.15, 0.2) is 6.10 Å². The smallest absolute Gasteiger partial charge is 0.260 e. The molecule has 1 amide bonds. The van der Waals surface area contributed by atoms with Crippen molar-refractivity contribution >= 4 is 5.91 Å². The molecule has 0 saturated carbocycles. The highest BCUT2D eigenvalue weighted by molar-refractivity contribution is 5.81. The highest BCUT2D eigenvalue weighted by Gasteiger charge is 2.25. The maximum Gasteiger partial charge on any atom is 0.260 e. The molecule has 1 heterocycles. The number of carbonyl (C=O) groups excluding carboxylic acids is 1. The zero-order chi connectivity index (χ0) is 14.5. The third kappa shape index (κ3) is 3.93. The van der Waals surface area contributed by atoms with E-state index in [1.165, 1.54) is 12.1 Å². The third-order valence-electron chi connectivity index (χ3n) is 3.52. The Morgan fingerprint density at radius 3 is 2.95 bits per heavy atom. The van der Waals surface area contributed by atoms with Crippen LogP contribution in [-0.4, -0.2) is 31.3 Å². The summed E-state index contributed by atoms with van der Waals surface area (Å²) in [6.07, 6.45) is 0.294. The molecular weight excluding hydrogens is 261 g/mol. The molecule has 1 N–H and O–H groups in total. The summed E-state index contributed by atoms with van der Waals surface area (Å²) in [6, 6.07) is 5.82. The van der Waals surface area contributed by atoms with Crippen molar-refractivity contribution in [3.8, 4) is 5.75 Å². The van der Waals surface area contributed by atoms with Crippen molar-refractivity contribution in [2.45, 2.75) is 32.4 Å². The first-order chi connectivity index (χ1) is 9.56. The van der Waals surface area contributed by atoms with Gasteiger partial charge < -0.3 is 14.8 Å². The van der Waals surface area contributed by atoms with Crippen molar-refractivity contribution in [2.75, 3.05) is 13.2 Å². The normalized spacial score (nSPS) is 21.2. The van der Waals surface area contributed by atoms with E-state index in [0.717, 1.165) is 13.0 Å². The Balaban J connectivity index is 1.85. The van der Waals surface area contributed by atoms with Crippen LogP contribution in [0.2, 0.25) is 0 Å². The zero-order valence-corrected chi connectivity index (χ0v) is 11.8. The van der Waals surface area contributed by atoms with E-state index in [4.69, 9.17) is 9.47 Å². The topological polar surface area (TPSA) is 47.6 Å². The van der Waals surface area contributed by atoms with Crippen LogP contribution in [0.1, 0.15) is 20.3 Å². The maximum absolute atomic E-state index is 13.0. The Hall–Kier alpha value is -1.62. The fourth-order valence-electron chi connectivity index (χ4n) is 2.20. The number of benzene rings is 1. The van der Waals surface area contributed by atoms with Gasteiger partial charge in [-0.05, 0) is 32.4 Å². The minimum absolute atomic E-state index is 0.0450. The number of carbonyl (C=O) groups is 1. The van der Waals surface area contributed by atoms with Gasteiger partial charge in [-0.2, -0.15) is 0 Å². The molecule has 20 heavy (non-hydrogen) atoms. The Morgan fingerprint density at radius 2 is 2.30 bits per heavy atom. The van der Waals surface area contributed by atoms with Gasteiger partial charge in [-0.1, -0.05) is 6.07 Å². The molecule has 0 radical (unpaired) electrons. The number of nitrogens with one attached hydrogen (secondary N) is 1. The van der Waals surface area contributed by atoms with Crippen LogP contribution in [0, 0.1) is 11.7 Å². The highest BCUT2D eigenvalue weighted by atomic mass is 19.1. The van der Waals surface area contributed by atoms with Gasteiger partial charge in [0.2, 0.25) is 0 Å². The molecule has 1 aromatic carbocycles. The van der Waals surface area contributed by atoms with Crippen molar-refractivity contribution in [2.24, 2.45) is 5.92 Å². The molecule has 1 saturated heterocycles. The summed E-state index contributed by atoms with van der Waals surface area (Å²) in [4.78, 5) is 12.0. The van der Waals surface area contributed by atoms with E-state index < -0.39 is 6.10 Å². The van der Waals surface area contributed by atoms with Gasteiger partial charge in [-0.25, -0.2) is 4.39 Å². The fraction of sp³-hybridized carbons (Fsp3) is 0.533. The lowest BCUT2D eigenvalue weighted by Crippen LogP contribution is -2.44. The van der Waals surface area contributed by atoms with Gasteiger partial charge in [-0.15, -0.1) is 0 Å². The summed E-state index contributed by atoms with van der Waals surface area (Å²) < 4.78 is 23.8. The molecule has 1 aromatic rings. The van der Waals surface area contributed by atoms with Gasteiger partial charge >= 0.3 is 0 Å². The average Bonchev–Trinajstić information content (AvgIpc) is 2.92. The minimum Gasteiger partial charge on any atom is -0.481 e. The fourth-order valence-corrected chi connectivity index (χ4v) is 2.20.